The summed E-state index contributed by atoms with van der Waals surface area (Å²) in [5.41, 5.74) is -0.387. The van der Waals surface area contributed by atoms with Gasteiger partial charge in [-0.05, 0) is 6.07 Å². The topological polar surface area (TPSA) is 113 Å². The summed E-state index contributed by atoms with van der Waals surface area (Å²) in [4.78, 5) is 9.68. The quantitative estimate of drug-likeness (QED) is 0.621. The second-order valence-electron chi connectivity index (χ2n) is 4.12. The average Bonchev–Trinajstić information content (AvgIpc) is 2.24. The summed E-state index contributed by atoms with van der Waals surface area (Å²) in [6.07, 6.45) is 0. The Hall–Kier alpha value is -1.74. The minimum Gasteiger partial charge on any atom is -0.490 e. The molecule has 0 amide bonds. The number of rotatable bonds is 6. The number of nitrogens with zero attached hydrogens (tertiary/aromatic N) is 1. The molecule has 1 aromatic rings. The van der Waals surface area contributed by atoms with Gasteiger partial charge in [-0.2, -0.15) is 0 Å². The van der Waals surface area contributed by atoms with Gasteiger partial charge in [0.2, 0.25) is 10.0 Å². The third kappa shape index (κ3) is 5.18. The summed E-state index contributed by atoms with van der Waals surface area (Å²) in [6.45, 7) is 1.51. The molecule has 1 unspecified atom stereocenters. The van der Waals surface area contributed by atoms with Gasteiger partial charge in [-0.1, -0.05) is 6.92 Å². The van der Waals surface area contributed by atoms with Gasteiger partial charge in [-0.25, -0.2) is 17.9 Å². The lowest BCUT2D eigenvalue weighted by atomic mass is 10.2. The first kappa shape index (κ1) is 15.3. The molecule has 19 heavy (non-hydrogen) atoms. The number of benzene rings is 1. The van der Waals surface area contributed by atoms with Crippen LogP contribution < -0.4 is 9.88 Å². The van der Waals surface area contributed by atoms with Gasteiger partial charge in [0.15, 0.2) is 11.6 Å². The van der Waals surface area contributed by atoms with Gasteiger partial charge in [0.1, 0.15) is 0 Å². The summed E-state index contributed by atoms with van der Waals surface area (Å²) in [6, 6.07) is 2.96. The largest absolute Gasteiger partial charge is 0.490 e. The maximum atomic E-state index is 13.4. The van der Waals surface area contributed by atoms with Crippen molar-refractivity contribution in [2.24, 2.45) is 11.1 Å². The fourth-order valence-electron chi connectivity index (χ4n) is 1.40. The van der Waals surface area contributed by atoms with Crippen molar-refractivity contribution in [1.82, 2.24) is 0 Å². The number of sulfonamides is 1. The molecule has 0 aliphatic heterocycles. The number of non-ortho nitro benzene ring substituents is 1. The maximum Gasteiger partial charge on any atom is 0.272 e. The van der Waals surface area contributed by atoms with Crippen molar-refractivity contribution < 1.29 is 22.5 Å². The summed E-state index contributed by atoms with van der Waals surface area (Å²) in [7, 11) is -3.62. The van der Waals surface area contributed by atoms with Crippen LogP contribution in [0.1, 0.15) is 6.92 Å². The minimum atomic E-state index is -3.62. The van der Waals surface area contributed by atoms with Crippen LogP contribution in [0.2, 0.25) is 0 Å². The Bertz CT molecular complexity index is 575. The summed E-state index contributed by atoms with van der Waals surface area (Å²) < 4.78 is 40.1. The lowest BCUT2D eigenvalue weighted by Gasteiger charge is -2.12. The third-order valence-corrected chi connectivity index (χ3v) is 3.20. The Labute approximate surface area is 109 Å². The second kappa shape index (κ2) is 5.93. The molecule has 0 spiro atoms. The molecular formula is C10H13FN2O5S. The lowest BCUT2D eigenvalue weighted by molar-refractivity contribution is -0.385. The number of ether oxygens (including phenoxy) is 1. The van der Waals surface area contributed by atoms with Gasteiger partial charge < -0.3 is 4.74 Å². The van der Waals surface area contributed by atoms with Crippen molar-refractivity contribution in [1.29, 1.82) is 0 Å². The van der Waals surface area contributed by atoms with Crippen LogP contribution in [-0.4, -0.2) is 25.7 Å². The van der Waals surface area contributed by atoms with Crippen LogP contribution >= 0.6 is 0 Å². The molecule has 0 heterocycles. The molecule has 0 saturated heterocycles. The van der Waals surface area contributed by atoms with Crippen molar-refractivity contribution in [2.75, 3.05) is 12.4 Å². The Balaban J connectivity index is 2.66. The van der Waals surface area contributed by atoms with E-state index in [-0.39, 0.29) is 23.8 Å². The third-order valence-electron chi connectivity index (χ3n) is 2.17. The number of hydrogen-bond donors (Lipinski definition) is 1. The number of primary sulfonamides is 1. The van der Waals surface area contributed by atoms with Crippen molar-refractivity contribution in [3.63, 3.8) is 0 Å². The van der Waals surface area contributed by atoms with E-state index in [1.54, 1.807) is 6.92 Å². The van der Waals surface area contributed by atoms with Gasteiger partial charge in [0.05, 0.1) is 23.3 Å². The molecule has 7 nitrogen and oxygen atoms in total. The standard InChI is InChI=1S/C10H13FN2O5S/c1-7(6-19(12,16)17)5-18-10-3-2-8(13(14)15)4-9(10)11/h2-4,7H,5-6H2,1H3,(H2,12,16,17). The van der Waals surface area contributed by atoms with E-state index in [1.165, 1.54) is 0 Å². The highest BCUT2D eigenvalue weighted by atomic mass is 32.2. The molecule has 1 atom stereocenters. The first-order valence-electron chi connectivity index (χ1n) is 5.26. The van der Waals surface area contributed by atoms with Crippen molar-refractivity contribution >= 4 is 15.7 Å². The fourth-order valence-corrected chi connectivity index (χ4v) is 2.29. The average molecular weight is 292 g/mol. The Morgan fingerprint density at radius 3 is 2.63 bits per heavy atom. The number of nitro benzene ring substituents is 1. The molecule has 0 aliphatic rings. The molecule has 2 N–H and O–H groups in total. The van der Waals surface area contributed by atoms with E-state index in [0.717, 1.165) is 18.2 Å². The summed E-state index contributed by atoms with van der Waals surface area (Å²) in [5.74, 6) is -1.77. The van der Waals surface area contributed by atoms with E-state index in [0.29, 0.717) is 0 Å². The summed E-state index contributed by atoms with van der Waals surface area (Å²) >= 11 is 0. The highest BCUT2D eigenvalue weighted by molar-refractivity contribution is 7.89. The van der Waals surface area contributed by atoms with Crippen molar-refractivity contribution in [3.05, 3.63) is 34.1 Å². The molecule has 1 rings (SSSR count). The molecule has 0 aromatic heterocycles. The SMILES string of the molecule is CC(COc1ccc([N+](=O)[O-])cc1F)CS(N)(=O)=O. The minimum absolute atomic E-state index is 0.0643. The Morgan fingerprint density at radius 1 is 1.53 bits per heavy atom. The number of nitro groups is 1. The summed E-state index contributed by atoms with van der Waals surface area (Å²) in [5, 5.41) is 15.3. The van der Waals surface area contributed by atoms with Gasteiger partial charge in [-0.15, -0.1) is 0 Å². The van der Waals surface area contributed by atoms with Gasteiger partial charge in [-0.3, -0.25) is 10.1 Å². The van der Waals surface area contributed by atoms with Crippen molar-refractivity contribution in [2.45, 2.75) is 6.92 Å². The van der Waals surface area contributed by atoms with Crippen LogP contribution in [0.25, 0.3) is 0 Å². The van der Waals surface area contributed by atoms with Crippen LogP contribution in [0, 0.1) is 21.8 Å². The number of hydrogen-bond acceptors (Lipinski definition) is 5. The van der Waals surface area contributed by atoms with Crippen LogP contribution in [-0.2, 0) is 10.0 Å². The maximum absolute atomic E-state index is 13.4. The fraction of sp³-hybridized carbons (Fsp3) is 0.400. The molecule has 9 heteroatoms. The van der Waals surface area contributed by atoms with E-state index in [1.807, 2.05) is 0 Å². The molecule has 0 aliphatic carbocycles. The van der Waals surface area contributed by atoms with E-state index in [4.69, 9.17) is 9.88 Å². The monoisotopic (exact) mass is 292 g/mol. The number of halogens is 1. The molecule has 0 saturated carbocycles. The van der Waals surface area contributed by atoms with Gasteiger partial charge >= 0.3 is 0 Å². The Kier molecular flexibility index (Phi) is 4.78. The molecule has 106 valence electrons. The first-order valence-corrected chi connectivity index (χ1v) is 6.98. The predicted octanol–water partition coefficient (Wildman–Crippen LogP) is 1.04. The van der Waals surface area contributed by atoms with Crippen LogP contribution in [0.3, 0.4) is 0 Å². The zero-order valence-electron chi connectivity index (χ0n) is 10.1. The van der Waals surface area contributed by atoms with Crippen LogP contribution in [0.15, 0.2) is 18.2 Å². The zero-order chi connectivity index (χ0) is 14.6. The van der Waals surface area contributed by atoms with E-state index in [2.05, 4.69) is 0 Å². The van der Waals surface area contributed by atoms with E-state index in [9.17, 15) is 22.9 Å². The molecule has 0 bridgehead atoms. The number of nitrogens with two attached hydrogens (primary N) is 1. The predicted molar refractivity (Wildman–Crippen MR) is 65.7 cm³/mol. The first-order chi connectivity index (χ1) is 8.69. The molecule has 0 radical (unpaired) electrons. The normalized spacial score (nSPS) is 13.0. The van der Waals surface area contributed by atoms with Crippen molar-refractivity contribution in [3.8, 4) is 5.75 Å². The van der Waals surface area contributed by atoms with E-state index >= 15 is 0 Å². The van der Waals surface area contributed by atoms with Gasteiger partial charge in [0.25, 0.3) is 5.69 Å². The second-order valence-corrected chi connectivity index (χ2v) is 5.78. The zero-order valence-corrected chi connectivity index (χ0v) is 10.9. The smallest absolute Gasteiger partial charge is 0.272 e. The lowest BCUT2D eigenvalue weighted by Crippen LogP contribution is -2.25. The van der Waals surface area contributed by atoms with Crippen LogP contribution in [0.5, 0.6) is 5.75 Å². The Morgan fingerprint density at radius 2 is 2.16 bits per heavy atom. The van der Waals surface area contributed by atoms with E-state index < -0.39 is 26.7 Å². The molecule has 1 aromatic carbocycles. The molecular weight excluding hydrogens is 279 g/mol. The molecule has 0 fully saturated rings. The van der Waals surface area contributed by atoms with Gasteiger partial charge in [0, 0.05) is 12.0 Å². The highest BCUT2D eigenvalue weighted by Crippen LogP contribution is 2.22. The van der Waals surface area contributed by atoms with Crippen LogP contribution in [0.4, 0.5) is 10.1 Å². The highest BCUT2D eigenvalue weighted by Gasteiger charge is 2.15.